The lowest BCUT2D eigenvalue weighted by Gasteiger charge is -2.03. The normalized spacial score (nSPS) is 10.2. The van der Waals surface area contributed by atoms with Gasteiger partial charge in [0.25, 0.3) is 0 Å². The van der Waals surface area contributed by atoms with Gasteiger partial charge in [-0.1, -0.05) is 11.3 Å². The third kappa shape index (κ3) is 5.03. The van der Waals surface area contributed by atoms with Crippen LogP contribution in [0.15, 0.2) is 6.20 Å². The summed E-state index contributed by atoms with van der Waals surface area (Å²) in [5, 5.41) is 5.95. The van der Waals surface area contributed by atoms with Crippen molar-refractivity contribution < 1.29 is 14.3 Å². The zero-order valence-electron chi connectivity index (χ0n) is 9.78. The fraction of sp³-hybridized carbons (Fsp3) is 0.500. The molecule has 0 aliphatic carbocycles. The quantitative estimate of drug-likeness (QED) is 0.550. The van der Waals surface area contributed by atoms with Gasteiger partial charge in [-0.2, -0.15) is 0 Å². The molecule has 0 aromatic carbocycles. The van der Waals surface area contributed by atoms with Crippen LogP contribution >= 0.6 is 11.3 Å². The molecule has 0 saturated carbocycles. The highest BCUT2D eigenvalue weighted by atomic mass is 32.1. The Morgan fingerprint density at radius 2 is 2.29 bits per heavy atom. The zero-order valence-corrected chi connectivity index (χ0v) is 10.6. The van der Waals surface area contributed by atoms with Gasteiger partial charge in [0.05, 0.1) is 24.2 Å². The van der Waals surface area contributed by atoms with E-state index in [2.05, 4.69) is 15.6 Å². The molecule has 0 fully saturated rings. The highest BCUT2D eigenvalue weighted by Gasteiger charge is 2.08. The fourth-order valence-corrected chi connectivity index (χ4v) is 1.76. The summed E-state index contributed by atoms with van der Waals surface area (Å²) in [6.07, 6.45) is 1.46. The molecule has 0 saturated heterocycles. The number of methoxy groups -OCH3 is 1. The summed E-state index contributed by atoms with van der Waals surface area (Å²) in [6, 6.07) is 0. The first-order valence-corrected chi connectivity index (χ1v) is 5.91. The number of nitrogens with zero attached hydrogens (tertiary/aromatic N) is 1. The van der Waals surface area contributed by atoms with Crippen LogP contribution in [0.4, 0.5) is 5.13 Å². The number of ether oxygens (including phenoxy) is 1. The van der Waals surface area contributed by atoms with Crippen molar-refractivity contribution in [2.75, 3.05) is 32.1 Å². The van der Waals surface area contributed by atoms with Crippen molar-refractivity contribution in [1.82, 2.24) is 10.3 Å². The number of anilines is 1. The van der Waals surface area contributed by atoms with Gasteiger partial charge in [0.2, 0.25) is 5.91 Å². The van der Waals surface area contributed by atoms with E-state index < -0.39 is 0 Å². The molecular formula is C10H15N3O3S. The second-order valence-corrected chi connectivity index (χ2v) is 4.33. The summed E-state index contributed by atoms with van der Waals surface area (Å²) in [4.78, 5) is 26.9. The van der Waals surface area contributed by atoms with Crippen LogP contribution in [0.1, 0.15) is 16.6 Å². The monoisotopic (exact) mass is 257 g/mol. The van der Waals surface area contributed by atoms with Crippen molar-refractivity contribution in [3.63, 3.8) is 0 Å². The number of carbonyl (C=O) groups excluding carboxylic acids is 2. The summed E-state index contributed by atoms with van der Waals surface area (Å²) >= 11 is 1.17. The van der Waals surface area contributed by atoms with Crippen LogP contribution in [0.3, 0.4) is 0 Å². The molecule has 1 amide bonds. The molecule has 0 radical (unpaired) electrons. The number of hydrogen-bond acceptors (Lipinski definition) is 6. The number of rotatable bonds is 7. The van der Waals surface area contributed by atoms with Crippen molar-refractivity contribution in [3.05, 3.63) is 11.1 Å². The Hall–Kier alpha value is -1.31. The lowest BCUT2D eigenvalue weighted by molar-refractivity contribution is -0.115. The SMILES string of the molecule is COCCNCC(=O)Nc1ncc(C(C)=O)s1. The van der Waals surface area contributed by atoms with Crippen molar-refractivity contribution in [1.29, 1.82) is 0 Å². The van der Waals surface area contributed by atoms with E-state index in [9.17, 15) is 9.59 Å². The van der Waals surface area contributed by atoms with Crippen LogP contribution in [-0.2, 0) is 9.53 Å². The van der Waals surface area contributed by atoms with E-state index in [-0.39, 0.29) is 18.2 Å². The molecule has 17 heavy (non-hydrogen) atoms. The molecule has 1 aromatic rings. The van der Waals surface area contributed by atoms with Gasteiger partial charge in [-0.25, -0.2) is 4.98 Å². The number of amides is 1. The third-order valence-electron chi connectivity index (χ3n) is 1.87. The van der Waals surface area contributed by atoms with E-state index >= 15 is 0 Å². The number of nitrogens with one attached hydrogen (secondary N) is 2. The van der Waals surface area contributed by atoms with Gasteiger partial charge in [0.1, 0.15) is 0 Å². The number of carbonyl (C=O) groups is 2. The summed E-state index contributed by atoms with van der Waals surface area (Å²) < 4.78 is 4.83. The van der Waals surface area contributed by atoms with Crippen LogP contribution in [0.25, 0.3) is 0 Å². The average Bonchev–Trinajstić information content (AvgIpc) is 2.73. The van der Waals surface area contributed by atoms with Crippen LogP contribution in [-0.4, -0.2) is 43.5 Å². The minimum atomic E-state index is -0.189. The Balaban J connectivity index is 2.32. The molecule has 0 bridgehead atoms. The van der Waals surface area contributed by atoms with Gasteiger partial charge in [0.15, 0.2) is 10.9 Å². The largest absolute Gasteiger partial charge is 0.383 e. The molecule has 0 unspecified atom stereocenters. The molecule has 0 atom stereocenters. The van der Waals surface area contributed by atoms with Gasteiger partial charge < -0.3 is 15.4 Å². The van der Waals surface area contributed by atoms with Crippen LogP contribution in [0.5, 0.6) is 0 Å². The zero-order chi connectivity index (χ0) is 12.7. The second kappa shape index (κ2) is 7.10. The Morgan fingerprint density at radius 3 is 2.88 bits per heavy atom. The first-order valence-electron chi connectivity index (χ1n) is 5.09. The maximum absolute atomic E-state index is 11.4. The highest BCUT2D eigenvalue weighted by molar-refractivity contribution is 7.17. The molecule has 0 aliphatic rings. The molecule has 1 aromatic heterocycles. The van der Waals surface area contributed by atoms with E-state index in [0.717, 1.165) is 0 Å². The standard InChI is InChI=1S/C10H15N3O3S/c1-7(14)8-5-12-10(17-8)13-9(15)6-11-3-4-16-2/h5,11H,3-4,6H2,1-2H3,(H,12,13,15). The van der Waals surface area contributed by atoms with Gasteiger partial charge in [-0.05, 0) is 0 Å². The van der Waals surface area contributed by atoms with Gasteiger partial charge >= 0.3 is 0 Å². The molecule has 1 rings (SSSR count). The molecule has 2 N–H and O–H groups in total. The Morgan fingerprint density at radius 1 is 1.53 bits per heavy atom. The van der Waals surface area contributed by atoms with E-state index in [1.54, 1.807) is 7.11 Å². The molecule has 7 heteroatoms. The minimum absolute atomic E-state index is 0.0544. The molecule has 0 aliphatic heterocycles. The number of ketones is 1. The highest BCUT2D eigenvalue weighted by Crippen LogP contribution is 2.17. The minimum Gasteiger partial charge on any atom is -0.383 e. The Kier molecular flexibility index (Phi) is 5.75. The fourth-order valence-electron chi connectivity index (χ4n) is 1.03. The molecular weight excluding hydrogens is 242 g/mol. The maximum atomic E-state index is 11.4. The first-order chi connectivity index (χ1) is 8.13. The molecule has 0 spiro atoms. The van der Waals surface area contributed by atoms with Crippen molar-refractivity contribution >= 4 is 28.2 Å². The number of thiazole rings is 1. The maximum Gasteiger partial charge on any atom is 0.240 e. The van der Waals surface area contributed by atoms with Gasteiger partial charge in [0, 0.05) is 20.6 Å². The van der Waals surface area contributed by atoms with Crippen molar-refractivity contribution in [2.24, 2.45) is 0 Å². The Labute approximate surface area is 103 Å². The van der Waals surface area contributed by atoms with E-state index in [4.69, 9.17) is 4.74 Å². The molecule has 1 heterocycles. The van der Waals surface area contributed by atoms with Crippen LogP contribution < -0.4 is 10.6 Å². The first kappa shape index (κ1) is 13.8. The van der Waals surface area contributed by atoms with Gasteiger partial charge in [-0.3, -0.25) is 9.59 Å². The van der Waals surface area contributed by atoms with E-state index in [1.807, 2.05) is 0 Å². The third-order valence-corrected chi connectivity index (χ3v) is 2.88. The van der Waals surface area contributed by atoms with Crippen LogP contribution in [0, 0.1) is 0 Å². The summed E-state index contributed by atoms with van der Waals surface area (Å²) in [5.74, 6) is -0.244. The number of hydrogen-bond donors (Lipinski definition) is 2. The molecule has 94 valence electrons. The summed E-state index contributed by atoms with van der Waals surface area (Å²) in [7, 11) is 1.60. The summed E-state index contributed by atoms with van der Waals surface area (Å²) in [5.41, 5.74) is 0. The number of Topliss-reactive ketones (excluding diaryl/α,β-unsaturated/α-hetero) is 1. The molecule has 6 nitrogen and oxygen atoms in total. The smallest absolute Gasteiger partial charge is 0.240 e. The van der Waals surface area contributed by atoms with E-state index in [0.29, 0.717) is 23.2 Å². The lowest BCUT2D eigenvalue weighted by Crippen LogP contribution is -2.30. The Bertz CT molecular complexity index is 392. The van der Waals surface area contributed by atoms with Gasteiger partial charge in [-0.15, -0.1) is 0 Å². The number of aromatic nitrogens is 1. The van der Waals surface area contributed by atoms with Crippen molar-refractivity contribution in [2.45, 2.75) is 6.92 Å². The predicted molar refractivity (Wildman–Crippen MR) is 65.5 cm³/mol. The van der Waals surface area contributed by atoms with E-state index in [1.165, 1.54) is 24.5 Å². The lowest BCUT2D eigenvalue weighted by atomic mass is 10.4. The van der Waals surface area contributed by atoms with Crippen molar-refractivity contribution in [3.8, 4) is 0 Å². The summed E-state index contributed by atoms with van der Waals surface area (Å²) in [6.45, 7) is 2.82. The predicted octanol–water partition coefficient (Wildman–Crippen LogP) is 0.520. The topological polar surface area (TPSA) is 80.3 Å². The van der Waals surface area contributed by atoms with Crippen LogP contribution in [0.2, 0.25) is 0 Å². The average molecular weight is 257 g/mol. The second-order valence-electron chi connectivity index (χ2n) is 3.30.